The number of carbonyl (C=O) groups excluding carboxylic acids is 2. The van der Waals surface area contributed by atoms with Crippen LogP contribution in [0.2, 0.25) is 0 Å². The lowest BCUT2D eigenvalue weighted by Crippen LogP contribution is -2.42. The van der Waals surface area contributed by atoms with Crippen molar-refractivity contribution in [1.82, 2.24) is 5.32 Å². The monoisotopic (exact) mass is 332 g/mol. The molecule has 6 heteroatoms. The number of rotatable bonds is 8. The van der Waals surface area contributed by atoms with Gasteiger partial charge in [-0.05, 0) is 37.0 Å². The van der Waals surface area contributed by atoms with Crippen LogP contribution in [0.1, 0.15) is 51.0 Å². The minimum Gasteiger partial charge on any atom is -0.481 e. The summed E-state index contributed by atoms with van der Waals surface area (Å²) < 4.78 is 0. The first-order chi connectivity index (χ1) is 11.4. The zero-order chi connectivity index (χ0) is 17.6. The standard InChI is InChI=1S/C18H24N2O4/c1-2-4-15(21)20-14-7-5-13(6-8-14)12-19-16(22)11-18(17(23)24)9-3-10-18/h5-8H,2-4,9-12H2,1H3,(H,19,22)(H,20,21)(H,23,24). The highest BCUT2D eigenvalue weighted by Crippen LogP contribution is 2.44. The van der Waals surface area contributed by atoms with Crippen molar-refractivity contribution >= 4 is 23.5 Å². The number of benzene rings is 1. The van der Waals surface area contributed by atoms with Gasteiger partial charge in [0.05, 0.1) is 5.41 Å². The summed E-state index contributed by atoms with van der Waals surface area (Å²) >= 11 is 0. The quantitative estimate of drug-likeness (QED) is 0.682. The molecular formula is C18H24N2O4. The Hall–Kier alpha value is -2.37. The van der Waals surface area contributed by atoms with Gasteiger partial charge in [0.1, 0.15) is 0 Å². The summed E-state index contributed by atoms with van der Waals surface area (Å²) in [4.78, 5) is 34.8. The third-order valence-electron chi connectivity index (χ3n) is 4.47. The van der Waals surface area contributed by atoms with Gasteiger partial charge in [-0.2, -0.15) is 0 Å². The maximum atomic E-state index is 12.0. The number of hydrogen-bond donors (Lipinski definition) is 3. The Bertz CT molecular complexity index is 606. The van der Waals surface area contributed by atoms with Gasteiger partial charge in [0.2, 0.25) is 11.8 Å². The van der Waals surface area contributed by atoms with Crippen LogP contribution >= 0.6 is 0 Å². The van der Waals surface area contributed by atoms with Crippen LogP contribution in [0.3, 0.4) is 0 Å². The summed E-state index contributed by atoms with van der Waals surface area (Å²) in [6.07, 6.45) is 3.33. The van der Waals surface area contributed by atoms with E-state index in [4.69, 9.17) is 0 Å². The molecule has 6 nitrogen and oxygen atoms in total. The van der Waals surface area contributed by atoms with E-state index in [0.717, 1.165) is 24.1 Å². The van der Waals surface area contributed by atoms with Gasteiger partial charge in [0, 0.05) is 25.1 Å². The molecule has 2 amide bonds. The summed E-state index contributed by atoms with van der Waals surface area (Å²) in [5.74, 6) is -1.13. The van der Waals surface area contributed by atoms with Crippen molar-refractivity contribution in [3.8, 4) is 0 Å². The molecule has 1 aromatic carbocycles. The van der Waals surface area contributed by atoms with Crippen molar-refractivity contribution in [1.29, 1.82) is 0 Å². The molecule has 130 valence electrons. The first-order valence-electron chi connectivity index (χ1n) is 8.34. The first kappa shape index (κ1) is 18.0. The van der Waals surface area contributed by atoms with E-state index >= 15 is 0 Å². The van der Waals surface area contributed by atoms with E-state index in [0.29, 0.717) is 25.8 Å². The third-order valence-corrected chi connectivity index (χ3v) is 4.47. The smallest absolute Gasteiger partial charge is 0.310 e. The molecule has 3 N–H and O–H groups in total. The van der Waals surface area contributed by atoms with E-state index in [1.54, 1.807) is 12.1 Å². The fourth-order valence-electron chi connectivity index (χ4n) is 2.80. The van der Waals surface area contributed by atoms with Gasteiger partial charge in [-0.25, -0.2) is 0 Å². The van der Waals surface area contributed by atoms with E-state index in [9.17, 15) is 19.5 Å². The minimum absolute atomic E-state index is 0.0157. The van der Waals surface area contributed by atoms with Gasteiger partial charge < -0.3 is 15.7 Å². The Kier molecular flexibility index (Phi) is 5.95. The highest BCUT2D eigenvalue weighted by Gasteiger charge is 2.45. The molecule has 0 radical (unpaired) electrons. The second-order valence-electron chi connectivity index (χ2n) is 6.39. The van der Waals surface area contributed by atoms with E-state index in [-0.39, 0.29) is 18.2 Å². The van der Waals surface area contributed by atoms with Crippen molar-refractivity contribution in [3.63, 3.8) is 0 Å². The van der Waals surface area contributed by atoms with Crippen molar-refractivity contribution in [2.75, 3.05) is 5.32 Å². The lowest BCUT2D eigenvalue weighted by atomic mass is 9.66. The maximum Gasteiger partial charge on any atom is 0.310 e. The molecule has 0 atom stereocenters. The first-order valence-corrected chi connectivity index (χ1v) is 8.34. The van der Waals surface area contributed by atoms with Crippen molar-refractivity contribution < 1.29 is 19.5 Å². The Balaban J connectivity index is 1.80. The van der Waals surface area contributed by atoms with Crippen LogP contribution in [0.5, 0.6) is 0 Å². The lowest BCUT2D eigenvalue weighted by Gasteiger charge is -2.36. The molecule has 1 aliphatic rings. The molecule has 0 aromatic heterocycles. The van der Waals surface area contributed by atoms with Crippen LogP contribution < -0.4 is 10.6 Å². The number of carbonyl (C=O) groups is 3. The number of hydrogen-bond acceptors (Lipinski definition) is 3. The molecule has 1 aliphatic carbocycles. The molecule has 1 fully saturated rings. The van der Waals surface area contributed by atoms with Gasteiger partial charge in [-0.1, -0.05) is 25.5 Å². The number of amides is 2. The summed E-state index contributed by atoms with van der Waals surface area (Å²) in [6, 6.07) is 7.25. The predicted molar refractivity (Wildman–Crippen MR) is 90.4 cm³/mol. The van der Waals surface area contributed by atoms with Gasteiger partial charge >= 0.3 is 5.97 Å². The molecule has 0 bridgehead atoms. The van der Waals surface area contributed by atoms with E-state index in [1.807, 2.05) is 19.1 Å². The van der Waals surface area contributed by atoms with Crippen LogP contribution in [0.15, 0.2) is 24.3 Å². The number of carboxylic acids is 1. The van der Waals surface area contributed by atoms with E-state index < -0.39 is 11.4 Å². The summed E-state index contributed by atoms with van der Waals surface area (Å²) in [7, 11) is 0. The maximum absolute atomic E-state index is 12.0. The predicted octanol–water partition coefficient (Wildman–Crippen LogP) is 2.69. The molecule has 1 saturated carbocycles. The van der Waals surface area contributed by atoms with E-state index in [2.05, 4.69) is 10.6 Å². The molecule has 0 saturated heterocycles. The number of nitrogens with one attached hydrogen (secondary N) is 2. The molecule has 0 aliphatic heterocycles. The molecule has 1 aromatic rings. The normalized spacial score (nSPS) is 15.2. The van der Waals surface area contributed by atoms with Gasteiger partial charge in [0.15, 0.2) is 0 Å². The lowest BCUT2D eigenvalue weighted by molar-refractivity contribution is -0.157. The summed E-state index contributed by atoms with van der Waals surface area (Å²) in [6.45, 7) is 2.29. The van der Waals surface area contributed by atoms with Gasteiger partial charge in [-0.15, -0.1) is 0 Å². The van der Waals surface area contributed by atoms with Gasteiger partial charge in [0.25, 0.3) is 0 Å². The second kappa shape index (κ2) is 7.95. The van der Waals surface area contributed by atoms with Crippen LogP contribution in [0.4, 0.5) is 5.69 Å². The zero-order valence-corrected chi connectivity index (χ0v) is 13.9. The Morgan fingerprint density at radius 2 is 1.79 bits per heavy atom. The number of aliphatic carboxylic acids is 1. The third kappa shape index (κ3) is 4.57. The molecular weight excluding hydrogens is 308 g/mol. The SMILES string of the molecule is CCCC(=O)Nc1ccc(CNC(=O)CC2(C(=O)O)CCC2)cc1. The fourth-order valence-corrected chi connectivity index (χ4v) is 2.80. The minimum atomic E-state index is -0.879. The number of carboxylic acid groups (broad SMARTS) is 1. The highest BCUT2D eigenvalue weighted by molar-refractivity contribution is 5.90. The molecule has 24 heavy (non-hydrogen) atoms. The molecule has 0 spiro atoms. The second-order valence-corrected chi connectivity index (χ2v) is 6.39. The summed E-state index contributed by atoms with van der Waals surface area (Å²) in [5.41, 5.74) is 0.759. The molecule has 0 unspecified atom stereocenters. The van der Waals surface area contributed by atoms with Gasteiger partial charge in [-0.3, -0.25) is 14.4 Å². The largest absolute Gasteiger partial charge is 0.481 e. The van der Waals surface area contributed by atoms with Crippen LogP contribution in [0, 0.1) is 5.41 Å². The van der Waals surface area contributed by atoms with Crippen molar-refractivity contribution in [2.24, 2.45) is 5.41 Å². The zero-order valence-electron chi connectivity index (χ0n) is 13.9. The Morgan fingerprint density at radius 1 is 1.12 bits per heavy atom. The Labute approximate surface area is 141 Å². The van der Waals surface area contributed by atoms with Crippen molar-refractivity contribution in [3.05, 3.63) is 29.8 Å². The summed E-state index contributed by atoms with van der Waals surface area (Å²) in [5, 5.41) is 14.8. The fraction of sp³-hybridized carbons (Fsp3) is 0.500. The Morgan fingerprint density at radius 3 is 2.29 bits per heavy atom. The average molecular weight is 332 g/mol. The molecule has 0 heterocycles. The number of anilines is 1. The van der Waals surface area contributed by atoms with Crippen LogP contribution in [-0.2, 0) is 20.9 Å². The van der Waals surface area contributed by atoms with Crippen LogP contribution in [0.25, 0.3) is 0 Å². The van der Waals surface area contributed by atoms with Crippen LogP contribution in [-0.4, -0.2) is 22.9 Å². The van der Waals surface area contributed by atoms with Crippen molar-refractivity contribution in [2.45, 2.75) is 52.0 Å². The average Bonchev–Trinajstić information content (AvgIpc) is 2.50. The topological polar surface area (TPSA) is 95.5 Å². The van der Waals surface area contributed by atoms with E-state index in [1.165, 1.54) is 0 Å². The highest BCUT2D eigenvalue weighted by atomic mass is 16.4. The molecule has 2 rings (SSSR count).